The Kier molecular flexibility index (Phi) is 16.5. The van der Waals surface area contributed by atoms with E-state index in [2.05, 4.69) is 53.6 Å². The van der Waals surface area contributed by atoms with Crippen molar-refractivity contribution in [1.29, 1.82) is 0 Å². The van der Waals surface area contributed by atoms with E-state index in [1.807, 2.05) is 13.8 Å². The van der Waals surface area contributed by atoms with Gasteiger partial charge in [-0.2, -0.15) is 0 Å². The summed E-state index contributed by atoms with van der Waals surface area (Å²) in [7, 11) is 1.72. The molecule has 0 amide bonds. The summed E-state index contributed by atoms with van der Waals surface area (Å²) in [5.41, 5.74) is 0.201. The molecule has 0 spiro atoms. The Bertz CT molecular complexity index is 1460. The lowest BCUT2D eigenvalue weighted by molar-refractivity contribution is -0.157. The summed E-state index contributed by atoms with van der Waals surface area (Å²) in [6.07, 6.45) is 7.60. The molecule has 3 aliphatic rings. The molecule has 3 unspecified atom stereocenters. The van der Waals surface area contributed by atoms with Crippen LogP contribution in [0.3, 0.4) is 0 Å². The van der Waals surface area contributed by atoms with Crippen molar-refractivity contribution in [3.8, 4) is 0 Å². The van der Waals surface area contributed by atoms with E-state index < -0.39 is 47.5 Å². The fraction of sp³-hybridized carbons (Fsp3) is 0.674. The average Bonchev–Trinajstić information content (AvgIpc) is 3.96. The number of methoxy groups -OCH3 is 1. The van der Waals surface area contributed by atoms with Crippen molar-refractivity contribution < 1.29 is 43.9 Å². The van der Waals surface area contributed by atoms with Crippen molar-refractivity contribution in [3.63, 3.8) is 0 Å². The van der Waals surface area contributed by atoms with Gasteiger partial charge in [-0.3, -0.25) is 9.59 Å². The van der Waals surface area contributed by atoms with E-state index in [0.29, 0.717) is 12.1 Å². The van der Waals surface area contributed by atoms with E-state index in [0.717, 1.165) is 44.6 Å². The molecule has 5 N–H and O–H groups in total. The highest BCUT2D eigenvalue weighted by atomic mass is 16.6. The van der Waals surface area contributed by atoms with Crippen molar-refractivity contribution in [2.75, 3.05) is 38.2 Å². The van der Waals surface area contributed by atoms with Gasteiger partial charge in [0.05, 0.1) is 36.4 Å². The van der Waals surface area contributed by atoms with Crippen molar-refractivity contribution >= 4 is 17.6 Å². The Labute approximate surface area is 328 Å². The first-order chi connectivity index (χ1) is 26.1. The van der Waals surface area contributed by atoms with Crippen molar-refractivity contribution in [1.82, 2.24) is 10.6 Å². The third-order valence-corrected chi connectivity index (χ3v) is 11.4. The minimum absolute atomic E-state index is 0.0321. The van der Waals surface area contributed by atoms with Gasteiger partial charge in [0.15, 0.2) is 0 Å². The molecule has 1 aromatic rings. The number of carbonyl (C=O) groups is 2. The second-order valence-electron chi connectivity index (χ2n) is 16.2. The number of epoxide rings is 1. The van der Waals surface area contributed by atoms with Gasteiger partial charge in [0, 0.05) is 57.7 Å². The first-order valence-electron chi connectivity index (χ1n) is 20.1. The van der Waals surface area contributed by atoms with Gasteiger partial charge in [0.1, 0.15) is 23.9 Å². The summed E-state index contributed by atoms with van der Waals surface area (Å²) >= 11 is 0. The Morgan fingerprint density at radius 3 is 2.58 bits per heavy atom. The number of ether oxygens (including phenoxy) is 4. The summed E-state index contributed by atoms with van der Waals surface area (Å²) in [4.78, 5) is 27.3. The third kappa shape index (κ3) is 13.0. The molecule has 0 saturated carbocycles. The van der Waals surface area contributed by atoms with E-state index in [4.69, 9.17) is 18.9 Å². The van der Waals surface area contributed by atoms with Gasteiger partial charge in [0.2, 0.25) is 0 Å². The van der Waals surface area contributed by atoms with Gasteiger partial charge in [-0.25, -0.2) is 0 Å². The Balaban J connectivity index is 1.55. The first-order valence-corrected chi connectivity index (χ1v) is 20.1. The number of esters is 2. The fourth-order valence-corrected chi connectivity index (χ4v) is 7.83. The molecule has 55 heavy (non-hydrogen) atoms. The fourth-order valence-electron chi connectivity index (χ4n) is 7.83. The van der Waals surface area contributed by atoms with E-state index in [1.54, 1.807) is 51.3 Å². The number of hydrogen-bond acceptors (Lipinski definition) is 12. The lowest BCUT2D eigenvalue weighted by Crippen LogP contribution is -2.52. The highest BCUT2D eigenvalue weighted by Gasteiger charge is 2.54. The number of rotatable bonds is 14. The molecule has 0 bridgehead atoms. The zero-order valence-corrected chi connectivity index (χ0v) is 34.2. The van der Waals surface area contributed by atoms with Crippen LogP contribution in [-0.2, 0) is 35.1 Å². The Morgan fingerprint density at radius 2 is 1.91 bits per heavy atom. The normalized spacial score (nSPS) is 31.3. The number of aliphatic hydroxyl groups is 3. The van der Waals surface area contributed by atoms with Crippen LogP contribution in [0.5, 0.6) is 0 Å². The standard InChI is InChI=1S/C43H67N3O9/c1-9-35(52-8)30(4)39-40(55-39)41(45-27-32-14-16-33(17-15-32)46-24-11-22-44-23-25-46)43(7,51)20-10-12-28(2)38-29(3)13-18-36(53-31(5)47)42(6,50)21-19-34(48)26-37(49)54-38/h10,12-18,20,29-30,34-36,38-41,44-45,48,50-51H,9,11,19,21-27H2,1-8H3/t29-,30+,34+,35-,36-,38?,39+,40-,41?,42+,43?/m0/s1. The number of nitrogens with one attached hydrogen (secondary N) is 2. The van der Waals surface area contributed by atoms with Crippen molar-refractivity contribution in [3.05, 3.63) is 65.8 Å². The van der Waals surface area contributed by atoms with E-state index in [1.165, 1.54) is 12.6 Å². The predicted octanol–water partition coefficient (Wildman–Crippen LogP) is 4.36. The average molecular weight is 770 g/mol. The zero-order chi connectivity index (χ0) is 40.3. The minimum atomic E-state index is -1.46. The zero-order valence-electron chi connectivity index (χ0n) is 34.2. The maximum Gasteiger partial charge on any atom is 0.309 e. The summed E-state index contributed by atoms with van der Waals surface area (Å²) in [6, 6.07) is 8.14. The molecular weight excluding hydrogens is 702 g/mol. The monoisotopic (exact) mass is 769 g/mol. The maximum atomic E-state index is 13.0. The predicted molar refractivity (Wildman–Crippen MR) is 213 cm³/mol. The summed E-state index contributed by atoms with van der Waals surface area (Å²) in [5.74, 6) is -1.36. The number of benzene rings is 1. The van der Waals surface area contributed by atoms with E-state index in [-0.39, 0.29) is 49.4 Å². The molecule has 12 heteroatoms. The maximum absolute atomic E-state index is 13.0. The molecular formula is C43H67N3O9. The SMILES string of the molecule is CC[C@H](OC)[C@@H](C)[C@H]1O[C@@H]1C(NCc1ccc(N2CCCNCC2)cc1)C(C)(O)C=CC=C(C)C1OC(=O)C[C@H](O)CC[C@@](C)(O)[C@@H](OC(C)=O)C=C[C@@H]1C. The van der Waals surface area contributed by atoms with Crippen molar-refractivity contribution in [2.45, 2.75) is 141 Å². The number of anilines is 1. The quantitative estimate of drug-likeness (QED) is 0.0789. The largest absolute Gasteiger partial charge is 0.457 e. The van der Waals surface area contributed by atoms with Gasteiger partial charge in [-0.15, -0.1) is 0 Å². The molecule has 3 heterocycles. The molecule has 308 valence electrons. The van der Waals surface area contributed by atoms with Crippen LogP contribution < -0.4 is 15.5 Å². The lowest BCUT2D eigenvalue weighted by Gasteiger charge is -2.32. The van der Waals surface area contributed by atoms with Gasteiger partial charge in [-0.05, 0) is 82.3 Å². The number of carbonyl (C=O) groups excluding carboxylic acids is 2. The molecule has 0 radical (unpaired) electrons. The van der Waals surface area contributed by atoms with Crippen LogP contribution in [0.2, 0.25) is 0 Å². The van der Waals surface area contributed by atoms with Crippen LogP contribution >= 0.6 is 0 Å². The highest BCUT2D eigenvalue weighted by molar-refractivity contribution is 5.70. The number of aliphatic hydroxyl groups excluding tert-OH is 1. The number of hydrogen-bond donors (Lipinski definition) is 5. The second-order valence-corrected chi connectivity index (χ2v) is 16.2. The van der Waals surface area contributed by atoms with Crippen LogP contribution in [0.1, 0.15) is 86.1 Å². The van der Waals surface area contributed by atoms with Gasteiger partial charge in [0.25, 0.3) is 0 Å². The van der Waals surface area contributed by atoms with Gasteiger partial charge < -0.3 is 49.8 Å². The molecule has 11 atom stereocenters. The molecule has 3 aliphatic heterocycles. The number of allylic oxidation sites excluding steroid dienone is 2. The first kappa shape index (κ1) is 44.6. The molecule has 2 saturated heterocycles. The Morgan fingerprint density at radius 1 is 1.18 bits per heavy atom. The minimum Gasteiger partial charge on any atom is -0.457 e. The third-order valence-electron chi connectivity index (χ3n) is 11.4. The second kappa shape index (κ2) is 20.4. The van der Waals surface area contributed by atoms with Gasteiger partial charge >= 0.3 is 11.9 Å². The van der Waals surface area contributed by atoms with Crippen LogP contribution in [0, 0.1) is 11.8 Å². The molecule has 0 aromatic heterocycles. The van der Waals surface area contributed by atoms with E-state index in [9.17, 15) is 24.9 Å². The molecule has 0 aliphatic carbocycles. The number of cyclic esters (lactones) is 1. The topological polar surface area (TPSA) is 162 Å². The van der Waals surface area contributed by atoms with Gasteiger partial charge in [-0.1, -0.05) is 57.2 Å². The Hall–Kier alpha value is -3.10. The van der Waals surface area contributed by atoms with E-state index >= 15 is 0 Å². The summed E-state index contributed by atoms with van der Waals surface area (Å²) in [6.45, 7) is 17.1. The smallest absolute Gasteiger partial charge is 0.309 e. The number of nitrogens with zero attached hydrogens (tertiary/aromatic N) is 1. The summed E-state index contributed by atoms with van der Waals surface area (Å²) < 4.78 is 23.4. The highest BCUT2D eigenvalue weighted by Crippen LogP contribution is 2.39. The van der Waals surface area contributed by atoms with Crippen LogP contribution in [0.15, 0.2) is 60.2 Å². The van der Waals surface area contributed by atoms with Crippen molar-refractivity contribution in [2.24, 2.45) is 11.8 Å². The summed E-state index contributed by atoms with van der Waals surface area (Å²) in [5, 5.41) is 40.9. The molecule has 2 fully saturated rings. The molecule has 4 rings (SSSR count). The van der Waals surface area contributed by atoms with Crippen LogP contribution in [0.4, 0.5) is 5.69 Å². The molecule has 12 nitrogen and oxygen atoms in total. The van der Waals surface area contributed by atoms with Crippen LogP contribution in [-0.4, -0.2) is 114 Å². The molecule has 1 aromatic carbocycles. The lowest BCUT2D eigenvalue weighted by atomic mass is 9.87. The van der Waals surface area contributed by atoms with Crippen LogP contribution in [0.25, 0.3) is 0 Å².